The van der Waals surface area contributed by atoms with E-state index in [4.69, 9.17) is 29.4 Å². The summed E-state index contributed by atoms with van der Waals surface area (Å²) in [6.45, 7) is 3.68. The lowest BCUT2D eigenvalue weighted by Crippen LogP contribution is -2.34. The SMILES string of the molecule is CC/C=C\C/C=C\C/C=C\C/C=C\C/C=C\CCCCOCC(COP(=O)(O)OCC(N)C(=O)O)OC(=O)CCCCCCCCCCCCCCCCCCCCCC. The average molecular weight is 866 g/mol. The topological polar surface area (TPSA) is 155 Å². The predicted octanol–water partition coefficient (Wildman–Crippen LogP) is 13.6. The lowest BCUT2D eigenvalue weighted by Gasteiger charge is -2.20. The minimum atomic E-state index is -4.63. The number of allylic oxidation sites excluding steroid dienone is 10. The summed E-state index contributed by atoms with van der Waals surface area (Å²) in [4.78, 5) is 33.6. The van der Waals surface area contributed by atoms with E-state index in [-0.39, 0.29) is 13.0 Å². The third-order valence-corrected chi connectivity index (χ3v) is 11.0. The summed E-state index contributed by atoms with van der Waals surface area (Å²) in [5.41, 5.74) is 5.36. The summed E-state index contributed by atoms with van der Waals surface area (Å²) in [6.07, 6.45) is 54.3. The van der Waals surface area contributed by atoms with Gasteiger partial charge < -0.3 is 25.2 Å². The number of phosphoric ester groups is 1. The molecule has 0 heterocycles. The van der Waals surface area contributed by atoms with Gasteiger partial charge in [-0.3, -0.25) is 18.6 Å². The molecule has 0 aromatic rings. The van der Waals surface area contributed by atoms with Gasteiger partial charge in [0.15, 0.2) is 0 Å². The highest BCUT2D eigenvalue weighted by Gasteiger charge is 2.27. The van der Waals surface area contributed by atoms with Gasteiger partial charge in [0.25, 0.3) is 0 Å². The molecule has 0 aromatic heterocycles. The summed E-state index contributed by atoms with van der Waals surface area (Å²) in [5, 5.41) is 8.91. The van der Waals surface area contributed by atoms with E-state index in [1.54, 1.807) is 0 Å². The smallest absolute Gasteiger partial charge is 0.472 e. The van der Waals surface area contributed by atoms with Crippen LogP contribution in [-0.2, 0) is 32.7 Å². The van der Waals surface area contributed by atoms with Crippen LogP contribution in [0.2, 0.25) is 0 Å². The van der Waals surface area contributed by atoms with Crippen LogP contribution in [-0.4, -0.2) is 60.5 Å². The van der Waals surface area contributed by atoms with Crippen LogP contribution in [0.4, 0.5) is 0 Å². The first kappa shape index (κ1) is 57.7. The van der Waals surface area contributed by atoms with Crippen molar-refractivity contribution in [3.05, 3.63) is 60.8 Å². The summed E-state index contributed by atoms with van der Waals surface area (Å²) >= 11 is 0. The molecule has 0 rings (SSSR count). The van der Waals surface area contributed by atoms with Gasteiger partial charge in [-0.15, -0.1) is 0 Å². The molecular weight excluding hydrogens is 778 g/mol. The van der Waals surface area contributed by atoms with Gasteiger partial charge in [0.1, 0.15) is 12.1 Å². The summed E-state index contributed by atoms with van der Waals surface area (Å²) in [5.74, 6) is -1.80. The summed E-state index contributed by atoms with van der Waals surface area (Å²) in [7, 11) is -4.63. The highest BCUT2D eigenvalue weighted by Crippen LogP contribution is 2.43. The standard InChI is InChI=1S/C49H88NO9P/c1-3-5-7-9-11-13-15-17-19-21-23-24-25-27-29-31-33-35-37-39-41-48(51)59-46(44-57-60(54,55)58-45-47(50)49(52)53)43-56-42-40-38-36-34-32-30-28-26-22-20-18-16-14-12-10-8-6-4-2/h6,8,12,14,18,20,26,28,32,34,46-47H,3-5,7,9-11,13,15-17,19,21-25,27,29-31,33,35-45,50H2,1-2H3,(H,52,53)(H,54,55)/b8-6-,14-12-,20-18-,28-26-,34-32-. The maximum absolute atomic E-state index is 12.7. The molecule has 4 N–H and O–H groups in total. The number of nitrogens with two attached hydrogens (primary N) is 1. The van der Waals surface area contributed by atoms with Crippen molar-refractivity contribution in [3.8, 4) is 0 Å². The molecule has 0 spiro atoms. The molecule has 0 amide bonds. The van der Waals surface area contributed by atoms with E-state index < -0.39 is 45.1 Å². The third kappa shape index (κ3) is 43.7. The molecule has 348 valence electrons. The van der Waals surface area contributed by atoms with Crippen LogP contribution in [0.3, 0.4) is 0 Å². The number of carboxylic acid groups (broad SMARTS) is 1. The Morgan fingerprint density at radius 2 is 0.967 bits per heavy atom. The highest BCUT2D eigenvalue weighted by atomic mass is 31.2. The fourth-order valence-corrected chi connectivity index (χ4v) is 7.17. The molecule has 0 saturated heterocycles. The minimum Gasteiger partial charge on any atom is -0.480 e. The molecule has 10 nitrogen and oxygen atoms in total. The van der Waals surface area contributed by atoms with Crippen LogP contribution in [0.1, 0.15) is 200 Å². The van der Waals surface area contributed by atoms with Crippen LogP contribution in [0.15, 0.2) is 60.8 Å². The highest BCUT2D eigenvalue weighted by molar-refractivity contribution is 7.47. The van der Waals surface area contributed by atoms with Crippen molar-refractivity contribution in [2.75, 3.05) is 26.4 Å². The van der Waals surface area contributed by atoms with Crippen LogP contribution in [0.5, 0.6) is 0 Å². The number of esters is 1. The quantitative estimate of drug-likeness (QED) is 0.0233. The zero-order chi connectivity index (χ0) is 44.0. The Hall–Kier alpha value is -2.33. The molecule has 0 aliphatic heterocycles. The maximum atomic E-state index is 12.7. The molecule has 0 aliphatic rings. The van der Waals surface area contributed by atoms with Gasteiger partial charge in [0.2, 0.25) is 0 Å². The molecule has 0 aliphatic carbocycles. The molecular formula is C49H88NO9P. The normalized spacial score (nSPS) is 14.3. The van der Waals surface area contributed by atoms with E-state index in [0.717, 1.165) is 70.6 Å². The number of phosphoric acid groups is 1. The summed E-state index contributed by atoms with van der Waals surface area (Å²) < 4.78 is 33.4. The first-order valence-corrected chi connectivity index (χ1v) is 25.3. The number of ether oxygens (including phenoxy) is 2. The van der Waals surface area contributed by atoms with Crippen molar-refractivity contribution in [2.45, 2.75) is 212 Å². The molecule has 3 atom stereocenters. The summed E-state index contributed by atoms with van der Waals surface area (Å²) in [6, 6.07) is -1.48. The fraction of sp³-hybridized carbons (Fsp3) is 0.755. The van der Waals surface area contributed by atoms with Gasteiger partial charge in [-0.05, 0) is 57.8 Å². The van der Waals surface area contributed by atoms with Gasteiger partial charge in [0, 0.05) is 13.0 Å². The van der Waals surface area contributed by atoms with E-state index in [1.807, 2.05) is 0 Å². The fourth-order valence-electron chi connectivity index (χ4n) is 6.40. The van der Waals surface area contributed by atoms with Crippen molar-refractivity contribution in [1.82, 2.24) is 0 Å². The van der Waals surface area contributed by atoms with Crippen LogP contribution in [0.25, 0.3) is 0 Å². The molecule has 0 saturated carbocycles. The molecule has 60 heavy (non-hydrogen) atoms. The molecule has 0 aromatic carbocycles. The van der Waals surface area contributed by atoms with Crippen LogP contribution < -0.4 is 5.73 Å². The van der Waals surface area contributed by atoms with Crippen LogP contribution in [0, 0.1) is 0 Å². The number of carboxylic acids is 1. The van der Waals surface area contributed by atoms with Crippen molar-refractivity contribution in [1.29, 1.82) is 0 Å². The lowest BCUT2D eigenvalue weighted by molar-refractivity contribution is -0.154. The number of hydrogen-bond acceptors (Lipinski definition) is 8. The Morgan fingerprint density at radius 1 is 0.550 bits per heavy atom. The van der Waals surface area contributed by atoms with E-state index in [2.05, 4.69) is 74.6 Å². The van der Waals surface area contributed by atoms with E-state index in [1.165, 1.54) is 103 Å². The largest absolute Gasteiger partial charge is 0.480 e. The van der Waals surface area contributed by atoms with Crippen molar-refractivity contribution >= 4 is 19.8 Å². The predicted molar refractivity (Wildman–Crippen MR) is 249 cm³/mol. The van der Waals surface area contributed by atoms with Gasteiger partial charge in [0.05, 0.1) is 19.8 Å². The minimum absolute atomic E-state index is 0.0126. The number of hydrogen-bond donors (Lipinski definition) is 3. The third-order valence-electron chi connectivity index (χ3n) is 10.1. The monoisotopic (exact) mass is 866 g/mol. The number of aliphatic carboxylic acids is 1. The number of unbranched alkanes of at least 4 members (excludes halogenated alkanes) is 21. The number of carbonyl (C=O) groups is 2. The zero-order valence-corrected chi connectivity index (χ0v) is 38.9. The average Bonchev–Trinajstić information content (AvgIpc) is 3.23. The van der Waals surface area contributed by atoms with Gasteiger partial charge >= 0.3 is 19.8 Å². The Balaban J connectivity index is 4.24. The molecule has 0 bridgehead atoms. The first-order chi connectivity index (χ1) is 29.2. The van der Waals surface area contributed by atoms with Crippen molar-refractivity contribution in [2.24, 2.45) is 5.73 Å². The molecule has 11 heteroatoms. The van der Waals surface area contributed by atoms with Gasteiger partial charge in [-0.2, -0.15) is 0 Å². The van der Waals surface area contributed by atoms with Gasteiger partial charge in [-0.25, -0.2) is 4.57 Å². The number of rotatable bonds is 45. The van der Waals surface area contributed by atoms with E-state index in [0.29, 0.717) is 13.0 Å². The second-order valence-corrected chi connectivity index (χ2v) is 17.3. The Kier molecular flexibility index (Phi) is 43.0. The van der Waals surface area contributed by atoms with E-state index >= 15 is 0 Å². The number of carbonyl (C=O) groups excluding carboxylic acids is 1. The van der Waals surface area contributed by atoms with Gasteiger partial charge in [-0.1, -0.05) is 197 Å². The second kappa shape index (κ2) is 44.7. The van der Waals surface area contributed by atoms with Crippen molar-refractivity contribution < 1.29 is 42.7 Å². The molecule has 3 unspecified atom stereocenters. The zero-order valence-electron chi connectivity index (χ0n) is 38.0. The maximum Gasteiger partial charge on any atom is 0.472 e. The first-order valence-electron chi connectivity index (χ1n) is 23.8. The van der Waals surface area contributed by atoms with Crippen molar-refractivity contribution in [3.63, 3.8) is 0 Å². The molecule has 0 fully saturated rings. The van der Waals surface area contributed by atoms with E-state index in [9.17, 15) is 19.0 Å². The Bertz CT molecular complexity index is 1190. The second-order valence-electron chi connectivity index (χ2n) is 15.9. The lowest BCUT2D eigenvalue weighted by atomic mass is 10.0. The Labute approximate surface area is 366 Å². The van der Waals surface area contributed by atoms with Crippen LogP contribution >= 0.6 is 7.82 Å². The molecule has 0 radical (unpaired) electrons. The Morgan fingerprint density at radius 3 is 1.42 bits per heavy atom.